The molecule has 3 aromatic carbocycles. The number of hydrogen-bond donors (Lipinski definition) is 0. The predicted octanol–water partition coefficient (Wildman–Crippen LogP) is 10.2. The van der Waals surface area contributed by atoms with Crippen molar-refractivity contribution < 1.29 is 52.7 Å². The zero-order valence-corrected chi connectivity index (χ0v) is 18.5. The summed E-state index contributed by atoms with van der Waals surface area (Å²) >= 11 is 0. The first-order valence-electron chi connectivity index (χ1n) is 10.2. The molecular weight excluding hydrogens is 540 g/mol. The smallest absolute Gasteiger partial charge is 0.200 e. The molecule has 0 aromatic heterocycles. The van der Waals surface area contributed by atoms with Crippen molar-refractivity contribution in [1.29, 1.82) is 0 Å². The largest absolute Gasteiger partial charge is 0.406 e. The summed E-state index contributed by atoms with van der Waals surface area (Å²) in [5.74, 6) is -5.98. The van der Waals surface area contributed by atoms with E-state index < -0.39 is 80.7 Å². The van der Waals surface area contributed by atoms with Gasteiger partial charge in [-0.25, -0.2) is 13.2 Å². The molecule has 0 unspecified atom stereocenters. The van der Waals surface area contributed by atoms with Gasteiger partial charge in [0.05, 0.1) is 0 Å². The molecule has 0 fully saturated rings. The van der Waals surface area contributed by atoms with Crippen molar-refractivity contribution in [3.05, 3.63) is 124 Å². The summed E-state index contributed by atoms with van der Waals surface area (Å²) in [6, 6.07) is 7.87. The van der Waals surface area contributed by atoms with Crippen LogP contribution in [0.25, 0.3) is 17.5 Å². The van der Waals surface area contributed by atoms with E-state index in [1.807, 2.05) is 0 Å². The highest BCUT2D eigenvalue weighted by molar-refractivity contribution is 5.65. The maximum atomic E-state index is 15.0. The van der Waals surface area contributed by atoms with Crippen LogP contribution in [-0.4, -0.2) is 6.18 Å². The van der Waals surface area contributed by atoms with Crippen molar-refractivity contribution >= 4 is 17.5 Å². The van der Waals surface area contributed by atoms with Crippen LogP contribution in [0.15, 0.2) is 91.0 Å². The van der Waals surface area contributed by atoms with E-state index in [0.717, 1.165) is 0 Å². The summed E-state index contributed by atoms with van der Waals surface area (Å²) in [5.41, 5.74) is -7.60. The fourth-order valence-corrected chi connectivity index (χ4v) is 3.92. The lowest BCUT2D eigenvalue weighted by atomic mass is 9.68. The standard InChI is InChI=1S/C26H12F12/c27-19(22(30)31)13-1-7-16(8-2-13)25(26(36,37)38,17-9-3-14(4-10-17)20(28)23(32)33)18-11-5-15(6-12-18)21(29)24(34)35/h1-12H. The SMILES string of the molecule is FC(F)=C(F)c1ccc(C(c2ccc(C(F)=C(F)F)cc2)(c2ccc(C(F)=C(F)F)cc2)C(F)(F)F)cc1. The van der Waals surface area contributed by atoms with Crippen LogP contribution in [0.2, 0.25) is 0 Å². The quantitative estimate of drug-likeness (QED) is 0.211. The van der Waals surface area contributed by atoms with Crippen LogP contribution in [0.3, 0.4) is 0 Å². The second-order valence-electron chi connectivity index (χ2n) is 7.70. The van der Waals surface area contributed by atoms with Crippen molar-refractivity contribution in [1.82, 2.24) is 0 Å². The van der Waals surface area contributed by atoms with E-state index in [1.165, 1.54) is 0 Å². The van der Waals surface area contributed by atoms with Gasteiger partial charge >= 0.3 is 24.4 Å². The van der Waals surface area contributed by atoms with Gasteiger partial charge in [0.15, 0.2) is 17.5 Å². The average molecular weight is 552 g/mol. The van der Waals surface area contributed by atoms with E-state index >= 15 is 0 Å². The zero-order chi connectivity index (χ0) is 28.4. The van der Waals surface area contributed by atoms with Crippen LogP contribution >= 0.6 is 0 Å². The minimum atomic E-state index is -5.31. The van der Waals surface area contributed by atoms with Crippen molar-refractivity contribution in [2.75, 3.05) is 0 Å². The molecule has 0 saturated carbocycles. The summed E-state index contributed by atoms with van der Waals surface area (Å²) in [6.07, 6.45) is -13.5. The number of halogens is 12. The second kappa shape index (κ2) is 10.8. The highest BCUT2D eigenvalue weighted by Crippen LogP contribution is 2.51. The van der Waals surface area contributed by atoms with Crippen molar-refractivity contribution in [3.8, 4) is 0 Å². The average Bonchev–Trinajstić information content (AvgIpc) is 2.88. The number of benzene rings is 3. The molecule has 0 radical (unpaired) electrons. The molecule has 0 atom stereocenters. The fraction of sp³-hybridized carbons (Fsp3) is 0.0769. The number of alkyl halides is 3. The lowest BCUT2D eigenvalue weighted by Gasteiger charge is -2.38. The maximum Gasteiger partial charge on any atom is 0.406 e. The minimum absolute atomic E-state index is 0.634. The van der Waals surface area contributed by atoms with E-state index in [2.05, 4.69) is 0 Å². The Morgan fingerprint density at radius 2 is 0.579 bits per heavy atom. The molecule has 3 rings (SSSR count). The van der Waals surface area contributed by atoms with Gasteiger partial charge in [-0.15, -0.1) is 0 Å². The normalized spacial score (nSPS) is 11.7. The van der Waals surface area contributed by atoms with Gasteiger partial charge in [0, 0.05) is 16.7 Å². The number of rotatable bonds is 6. The van der Waals surface area contributed by atoms with E-state index in [0.29, 0.717) is 72.8 Å². The molecule has 200 valence electrons. The molecule has 0 aliphatic carbocycles. The Morgan fingerprint density at radius 1 is 0.368 bits per heavy atom. The third kappa shape index (κ3) is 5.20. The molecule has 12 heteroatoms. The Bertz CT molecular complexity index is 1220. The summed E-state index contributed by atoms with van der Waals surface area (Å²) < 4.78 is 162. The van der Waals surface area contributed by atoms with Crippen LogP contribution in [-0.2, 0) is 5.41 Å². The Labute approximate surface area is 206 Å². The Hall–Kier alpha value is -3.96. The molecule has 38 heavy (non-hydrogen) atoms. The van der Waals surface area contributed by atoms with E-state index in [1.54, 1.807) is 0 Å². The van der Waals surface area contributed by atoms with Gasteiger partial charge in [-0.05, 0) is 16.7 Å². The molecule has 3 aromatic rings. The first kappa shape index (κ1) is 28.6. The maximum absolute atomic E-state index is 15.0. The van der Waals surface area contributed by atoms with Crippen LogP contribution in [0.5, 0.6) is 0 Å². The van der Waals surface area contributed by atoms with Gasteiger partial charge in [0.25, 0.3) is 0 Å². The van der Waals surface area contributed by atoms with Gasteiger partial charge in [-0.1, -0.05) is 72.8 Å². The highest BCUT2D eigenvalue weighted by Gasteiger charge is 2.58. The number of hydrogen-bond acceptors (Lipinski definition) is 0. The van der Waals surface area contributed by atoms with Gasteiger partial charge in [-0.3, -0.25) is 0 Å². The fourth-order valence-electron chi connectivity index (χ4n) is 3.92. The van der Waals surface area contributed by atoms with Gasteiger partial charge < -0.3 is 0 Å². The molecule has 0 saturated heterocycles. The Morgan fingerprint density at radius 3 is 0.737 bits per heavy atom. The second-order valence-corrected chi connectivity index (χ2v) is 7.70. The van der Waals surface area contributed by atoms with Gasteiger partial charge in [0.2, 0.25) is 0 Å². The summed E-state index contributed by atoms with van der Waals surface area (Å²) in [6.45, 7) is 0. The predicted molar refractivity (Wildman–Crippen MR) is 116 cm³/mol. The summed E-state index contributed by atoms with van der Waals surface area (Å²) in [4.78, 5) is 0. The van der Waals surface area contributed by atoms with Crippen molar-refractivity contribution in [3.63, 3.8) is 0 Å². The third-order valence-electron chi connectivity index (χ3n) is 5.64. The lowest BCUT2D eigenvalue weighted by molar-refractivity contribution is -0.166. The molecule has 0 aliphatic heterocycles. The molecule has 0 N–H and O–H groups in total. The van der Waals surface area contributed by atoms with Crippen LogP contribution in [0.4, 0.5) is 52.7 Å². The van der Waals surface area contributed by atoms with Crippen molar-refractivity contribution in [2.45, 2.75) is 11.6 Å². The summed E-state index contributed by atoms with van der Waals surface area (Å²) in [7, 11) is 0. The van der Waals surface area contributed by atoms with Crippen LogP contribution < -0.4 is 0 Å². The molecule has 0 aliphatic rings. The Kier molecular flexibility index (Phi) is 8.13. The van der Waals surface area contributed by atoms with E-state index in [9.17, 15) is 52.7 Å². The van der Waals surface area contributed by atoms with Crippen LogP contribution in [0, 0.1) is 0 Å². The van der Waals surface area contributed by atoms with Crippen LogP contribution in [0.1, 0.15) is 33.4 Å². The third-order valence-corrected chi connectivity index (χ3v) is 5.64. The minimum Gasteiger partial charge on any atom is -0.200 e. The van der Waals surface area contributed by atoms with Crippen molar-refractivity contribution in [2.24, 2.45) is 0 Å². The highest BCUT2D eigenvalue weighted by atomic mass is 19.4. The monoisotopic (exact) mass is 552 g/mol. The Balaban J connectivity index is 2.36. The molecule has 0 heterocycles. The molecule has 0 bridgehead atoms. The van der Waals surface area contributed by atoms with Gasteiger partial charge in [-0.2, -0.15) is 39.5 Å². The molecule has 0 nitrogen and oxygen atoms in total. The molecule has 0 spiro atoms. The van der Waals surface area contributed by atoms with E-state index in [4.69, 9.17) is 0 Å². The molecular formula is C26H12F12. The van der Waals surface area contributed by atoms with Gasteiger partial charge in [0.1, 0.15) is 5.41 Å². The summed E-state index contributed by atoms with van der Waals surface area (Å²) in [5, 5.41) is 0. The van der Waals surface area contributed by atoms with E-state index in [-0.39, 0.29) is 0 Å². The first-order chi connectivity index (χ1) is 17.7. The zero-order valence-electron chi connectivity index (χ0n) is 18.5. The first-order valence-corrected chi connectivity index (χ1v) is 10.2. The topological polar surface area (TPSA) is 0 Å². The lowest BCUT2D eigenvalue weighted by Crippen LogP contribution is -2.44. The molecule has 0 amide bonds.